The number of aromatic amines is 1. The molecule has 1 saturated heterocycles. The molecule has 0 radical (unpaired) electrons. The summed E-state index contributed by atoms with van der Waals surface area (Å²) < 4.78 is 5.43. The van der Waals surface area contributed by atoms with Crippen LogP contribution in [0.5, 0.6) is 0 Å². The van der Waals surface area contributed by atoms with Crippen molar-refractivity contribution in [3.8, 4) is 0 Å². The standard InChI is InChI=1S/C24H29N5O2/c1-31-19-9-12-29(13-10-19)18-5-3-17(4-6-18)24(30)27-11-8-16-2-7-22-20(14-16)21(15-28-22)23(25)26/h2-7,14-15,19,28H,8-13H2,1H3,(H3,25,26)(H,27,30). The van der Waals surface area contributed by atoms with E-state index < -0.39 is 0 Å². The van der Waals surface area contributed by atoms with E-state index in [9.17, 15) is 4.79 Å². The van der Waals surface area contributed by atoms with Gasteiger partial charge in [-0.3, -0.25) is 10.2 Å². The molecule has 1 aliphatic rings. The van der Waals surface area contributed by atoms with Gasteiger partial charge in [0, 0.05) is 60.7 Å². The fraction of sp³-hybridized carbons (Fsp3) is 0.333. The number of nitrogens with one attached hydrogen (secondary N) is 3. The van der Waals surface area contributed by atoms with Crippen LogP contribution in [0.25, 0.3) is 10.9 Å². The first-order valence-electron chi connectivity index (χ1n) is 10.7. The predicted octanol–water partition coefficient (Wildman–Crippen LogP) is 3.04. The van der Waals surface area contributed by atoms with Crippen molar-refractivity contribution in [1.29, 1.82) is 5.41 Å². The molecular weight excluding hydrogens is 390 g/mol. The number of methoxy groups -OCH3 is 1. The summed E-state index contributed by atoms with van der Waals surface area (Å²) in [7, 11) is 1.77. The number of hydrogen-bond acceptors (Lipinski definition) is 4. The van der Waals surface area contributed by atoms with E-state index in [-0.39, 0.29) is 11.7 Å². The lowest BCUT2D eigenvalue weighted by Crippen LogP contribution is -2.36. The van der Waals surface area contributed by atoms with Gasteiger partial charge in [-0.05, 0) is 61.2 Å². The summed E-state index contributed by atoms with van der Waals surface area (Å²) in [6.45, 7) is 2.48. The van der Waals surface area contributed by atoms with Gasteiger partial charge >= 0.3 is 0 Å². The largest absolute Gasteiger partial charge is 0.384 e. The van der Waals surface area contributed by atoms with Crippen molar-refractivity contribution in [3.05, 3.63) is 65.4 Å². The third-order valence-corrected chi connectivity index (χ3v) is 6.01. The molecule has 0 atom stereocenters. The van der Waals surface area contributed by atoms with Crippen molar-refractivity contribution >= 4 is 28.3 Å². The minimum atomic E-state index is -0.0724. The number of rotatable bonds is 7. The van der Waals surface area contributed by atoms with E-state index in [0.29, 0.717) is 30.2 Å². The fourth-order valence-corrected chi connectivity index (χ4v) is 4.14. The molecule has 0 spiro atoms. The molecule has 7 nitrogen and oxygen atoms in total. The van der Waals surface area contributed by atoms with E-state index >= 15 is 0 Å². The third kappa shape index (κ3) is 4.72. The highest BCUT2D eigenvalue weighted by Crippen LogP contribution is 2.22. The molecule has 3 aromatic rings. The number of nitrogen functional groups attached to an aromatic ring is 1. The molecule has 2 heterocycles. The normalized spacial score (nSPS) is 14.7. The molecule has 1 amide bonds. The van der Waals surface area contributed by atoms with Crippen LogP contribution in [-0.2, 0) is 11.2 Å². The first kappa shape index (κ1) is 20.9. The minimum absolute atomic E-state index is 0.0446. The van der Waals surface area contributed by atoms with Gasteiger partial charge in [-0.1, -0.05) is 6.07 Å². The molecule has 0 saturated carbocycles. The maximum absolute atomic E-state index is 12.5. The molecule has 0 bridgehead atoms. The summed E-state index contributed by atoms with van der Waals surface area (Å²) in [4.78, 5) is 18.0. The molecular formula is C24H29N5O2. The maximum Gasteiger partial charge on any atom is 0.251 e. The SMILES string of the molecule is COC1CCN(c2ccc(C(=O)NCCc3ccc4[nH]cc(C(=N)N)c4c3)cc2)CC1. The van der Waals surface area contributed by atoms with Crippen LogP contribution in [0.2, 0.25) is 0 Å². The van der Waals surface area contributed by atoms with Gasteiger partial charge in [0.1, 0.15) is 5.84 Å². The Balaban J connectivity index is 1.31. The van der Waals surface area contributed by atoms with E-state index in [1.165, 1.54) is 0 Å². The van der Waals surface area contributed by atoms with E-state index in [1.54, 1.807) is 13.3 Å². The number of fused-ring (bicyclic) bond motifs is 1. The number of H-pyrrole nitrogens is 1. The fourth-order valence-electron chi connectivity index (χ4n) is 4.14. The first-order valence-corrected chi connectivity index (χ1v) is 10.7. The van der Waals surface area contributed by atoms with Crippen LogP contribution in [-0.4, -0.2) is 49.6 Å². The lowest BCUT2D eigenvalue weighted by atomic mass is 10.1. The van der Waals surface area contributed by atoms with Crippen LogP contribution < -0.4 is 16.0 Å². The number of amides is 1. The summed E-state index contributed by atoms with van der Waals surface area (Å²) >= 11 is 0. The van der Waals surface area contributed by atoms with E-state index in [1.807, 2.05) is 42.5 Å². The van der Waals surface area contributed by atoms with Crippen LogP contribution in [0.15, 0.2) is 48.7 Å². The average Bonchev–Trinajstić information content (AvgIpc) is 3.23. The molecule has 162 valence electrons. The Hall–Kier alpha value is -3.32. The number of nitrogens with zero attached hydrogens (tertiary/aromatic N) is 1. The van der Waals surface area contributed by atoms with E-state index in [0.717, 1.165) is 48.1 Å². The Labute approximate surface area is 182 Å². The zero-order valence-electron chi connectivity index (χ0n) is 17.8. The van der Waals surface area contributed by atoms with Crippen LogP contribution in [0.3, 0.4) is 0 Å². The Kier molecular flexibility index (Phi) is 6.23. The van der Waals surface area contributed by atoms with Gasteiger partial charge in [-0.25, -0.2) is 0 Å². The van der Waals surface area contributed by atoms with E-state index in [4.69, 9.17) is 15.9 Å². The molecule has 1 fully saturated rings. The van der Waals surface area contributed by atoms with Gasteiger partial charge in [0.15, 0.2) is 0 Å². The highest BCUT2D eigenvalue weighted by atomic mass is 16.5. The molecule has 0 aliphatic carbocycles. The van der Waals surface area contributed by atoms with Gasteiger partial charge in [0.2, 0.25) is 0 Å². The highest BCUT2D eigenvalue weighted by Gasteiger charge is 2.19. The van der Waals surface area contributed by atoms with Crippen molar-refractivity contribution < 1.29 is 9.53 Å². The Bertz CT molecular complexity index is 1070. The summed E-state index contributed by atoms with van der Waals surface area (Å²) in [5.74, 6) is -0.0278. The first-order chi connectivity index (χ1) is 15.0. The minimum Gasteiger partial charge on any atom is -0.384 e. The zero-order valence-corrected chi connectivity index (χ0v) is 17.8. The number of hydrogen-bond donors (Lipinski definition) is 4. The molecule has 1 aromatic heterocycles. The molecule has 4 rings (SSSR count). The number of amidine groups is 1. The number of piperidine rings is 1. The second-order valence-corrected chi connectivity index (χ2v) is 7.97. The second-order valence-electron chi connectivity index (χ2n) is 7.97. The molecule has 7 heteroatoms. The van der Waals surface area contributed by atoms with Crippen molar-refractivity contribution in [2.45, 2.75) is 25.4 Å². The topological polar surface area (TPSA) is 107 Å². The van der Waals surface area contributed by atoms with Crippen LogP contribution in [0.1, 0.15) is 34.3 Å². The van der Waals surface area contributed by atoms with Gasteiger partial charge in [-0.15, -0.1) is 0 Å². The third-order valence-electron chi connectivity index (χ3n) is 6.01. The maximum atomic E-state index is 12.5. The van der Waals surface area contributed by atoms with Crippen LogP contribution >= 0.6 is 0 Å². The number of aromatic nitrogens is 1. The Morgan fingerprint density at radius 2 is 1.97 bits per heavy atom. The van der Waals surface area contributed by atoms with Crippen molar-refractivity contribution in [1.82, 2.24) is 10.3 Å². The number of carbonyl (C=O) groups excluding carboxylic acids is 1. The van der Waals surface area contributed by atoms with Gasteiger partial charge < -0.3 is 25.7 Å². The van der Waals surface area contributed by atoms with Crippen molar-refractivity contribution in [2.75, 3.05) is 31.6 Å². The number of anilines is 1. The van der Waals surface area contributed by atoms with Crippen molar-refractivity contribution in [2.24, 2.45) is 5.73 Å². The predicted molar refractivity (Wildman–Crippen MR) is 124 cm³/mol. The molecule has 2 aromatic carbocycles. The molecule has 5 N–H and O–H groups in total. The second kappa shape index (κ2) is 9.22. The van der Waals surface area contributed by atoms with Gasteiger partial charge in [0.05, 0.1) is 6.10 Å². The Morgan fingerprint density at radius 3 is 2.65 bits per heavy atom. The summed E-state index contributed by atoms with van der Waals surface area (Å²) in [6.07, 6.45) is 4.87. The Morgan fingerprint density at radius 1 is 1.23 bits per heavy atom. The van der Waals surface area contributed by atoms with Crippen LogP contribution in [0, 0.1) is 5.41 Å². The summed E-state index contributed by atoms with van der Waals surface area (Å²) in [5.41, 5.74) is 10.2. The lowest BCUT2D eigenvalue weighted by molar-refractivity contribution is 0.0819. The van der Waals surface area contributed by atoms with Crippen molar-refractivity contribution in [3.63, 3.8) is 0 Å². The number of benzene rings is 2. The molecule has 0 unspecified atom stereocenters. The van der Waals surface area contributed by atoms with Gasteiger partial charge in [-0.2, -0.15) is 0 Å². The summed E-state index contributed by atoms with van der Waals surface area (Å²) in [6, 6.07) is 13.8. The average molecular weight is 420 g/mol. The lowest BCUT2D eigenvalue weighted by Gasteiger charge is -2.33. The highest BCUT2D eigenvalue weighted by molar-refractivity contribution is 6.07. The number of nitrogens with two attached hydrogens (primary N) is 1. The molecule has 31 heavy (non-hydrogen) atoms. The summed E-state index contributed by atoms with van der Waals surface area (Å²) in [5, 5.41) is 11.6. The zero-order chi connectivity index (χ0) is 21.8. The van der Waals surface area contributed by atoms with E-state index in [2.05, 4.69) is 15.2 Å². The monoisotopic (exact) mass is 419 g/mol. The quantitative estimate of drug-likeness (QED) is 0.349. The smallest absolute Gasteiger partial charge is 0.251 e. The van der Waals surface area contributed by atoms with Crippen LogP contribution in [0.4, 0.5) is 5.69 Å². The van der Waals surface area contributed by atoms with Gasteiger partial charge in [0.25, 0.3) is 5.91 Å². The number of ether oxygens (including phenoxy) is 1. The molecule has 1 aliphatic heterocycles. The number of carbonyl (C=O) groups is 1.